The van der Waals surface area contributed by atoms with Gasteiger partial charge in [0.1, 0.15) is 5.65 Å². The first-order valence-corrected chi connectivity index (χ1v) is 7.40. The minimum absolute atomic E-state index is 0.134. The zero-order valence-corrected chi connectivity index (χ0v) is 13.2. The lowest BCUT2D eigenvalue weighted by Gasteiger charge is -2.11. The van der Waals surface area contributed by atoms with E-state index in [1.165, 1.54) is 21.6 Å². The van der Waals surface area contributed by atoms with Crippen molar-refractivity contribution in [3.8, 4) is 0 Å². The average molecular weight is 314 g/mol. The minimum atomic E-state index is -0.134. The maximum Gasteiger partial charge on any atom is 0.258 e. The van der Waals surface area contributed by atoms with Crippen molar-refractivity contribution in [3.05, 3.63) is 74.8 Å². The summed E-state index contributed by atoms with van der Waals surface area (Å²) in [7, 11) is 0. The molecule has 2 aromatic heterocycles. The van der Waals surface area contributed by atoms with Crippen LogP contribution in [0, 0.1) is 13.8 Å². The number of halogens is 1. The Balaban J connectivity index is 1.90. The first-order chi connectivity index (χ1) is 10.5. The lowest BCUT2D eigenvalue weighted by molar-refractivity contribution is 0.970. The van der Waals surface area contributed by atoms with E-state index in [4.69, 9.17) is 11.6 Å². The molecule has 5 heteroatoms. The normalized spacial score (nSPS) is 10.9. The molecule has 3 rings (SSSR count). The summed E-state index contributed by atoms with van der Waals surface area (Å²) in [6.45, 7) is 4.64. The zero-order valence-electron chi connectivity index (χ0n) is 12.4. The molecule has 22 heavy (non-hydrogen) atoms. The van der Waals surface area contributed by atoms with Gasteiger partial charge in [0.05, 0.1) is 17.3 Å². The Morgan fingerprint density at radius 1 is 1.23 bits per heavy atom. The van der Waals surface area contributed by atoms with E-state index in [9.17, 15) is 4.79 Å². The van der Waals surface area contributed by atoms with Gasteiger partial charge in [0, 0.05) is 18.0 Å². The largest absolute Gasteiger partial charge is 0.379 e. The second-order valence-electron chi connectivity index (χ2n) is 5.26. The fourth-order valence-electron chi connectivity index (χ4n) is 2.35. The second-order valence-corrected chi connectivity index (χ2v) is 5.70. The van der Waals surface area contributed by atoms with Gasteiger partial charge in [-0.05, 0) is 43.2 Å². The third-order valence-corrected chi connectivity index (χ3v) is 3.96. The smallest absolute Gasteiger partial charge is 0.258 e. The van der Waals surface area contributed by atoms with E-state index in [1.807, 2.05) is 12.1 Å². The predicted molar refractivity (Wildman–Crippen MR) is 89.7 cm³/mol. The molecule has 112 valence electrons. The molecule has 0 bridgehead atoms. The molecule has 0 radical (unpaired) electrons. The van der Waals surface area contributed by atoms with Crippen molar-refractivity contribution in [3.63, 3.8) is 0 Å². The van der Waals surface area contributed by atoms with Crippen LogP contribution in [-0.2, 0) is 6.54 Å². The molecule has 0 spiro atoms. The number of aryl methyl sites for hydroxylation is 1. The van der Waals surface area contributed by atoms with Crippen LogP contribution in [0.15, 0.2) is 47.4 Å². The standard InChI is InChI=1S/C17H16ClN3O/c1-11-4-3-5-15(12(11)2)19-9-14-8-17(22)21-10-13(18)6-7-16(21)20-14/h3-8,10,19H,9H2,1-2H3. The number of hydrogen-bond donors (Lipinski definition) is 1. The topological polar surface area (TPSA) is 46.4 Å². The molecule has 3 aromatic rings. The van der Waals surface area contributed by atoms with Crippen molar-refractivity contribution in [1.29, 1.82) is 0 Å². The molecule has 0 aliphatic carbocycles. The van der Waals surface area contributed by atoms with Crippen LogP contribution in [0.2, 0.25) is 5.02 Å². The maximum atomic E-state index is 12.1. The third-order valence-electron chi connectivity index (χ3n) is 3.74. The Hall–Kier alpha value is -2.33. The van der Waals surface area contributed by atoms with Gasteiger partial charge in [-0.3, -0.25) is 9.20 Å². The summed E-state index contributed by atoms with van der Waals surface area (Å²) in [6, 6.07) is 11.1. The van der Waals surface area contributed by atoms with Crippen LogP contribution in [-0.4, -0.2) is 9.38 Å². The van der Waals surface area contributed by atoms with Crippen molar-refractivity contribution in [2.45, 2.75) is 20.4 Å². The number of rotatable bonds is 3. The first-order valence-electron chi connectivity index (χ1n) is 7.02. The van der Waals surface area contributed by atoms with Crippen molar-refractivity contribution < 1.29 is 0 Å². The van der Waals surface area contributed by atoms with Crippen molar-refractivity contribution in [2.24, 2.45) is 0 Å². The van der Waals surface area contributed by atoms with Crippen LogP contribution < -0.4 is 10.9 Å². The highest BCUT2D eigenvalue weighted by Crippen LogP contribution is 2.18. The summed E-state index contributed by atoms with van der Waals surface area (Å²) >= 11 is 5.90. The maximum absolute atomic E-state index is 12.1. The van der Waals surface area contributed by atoms with Crippen molar-refractivity contribution >= 4 is 22.9 Å². The van der Waals surface area contributed by atoms with Crippen LogP contribution in [0.5, 0.6) is 0 Å². The number of hydrogen-bond acceptors (Lipinski definition) is 3. The van der Waals surface area contributed by atoms with Gasteiger partial charge >= 0.3 is 0 Å². The van der Waals surface area contributed by atoms with Gasteiger partial charge in [-0.2, -0.15) is 0 Å². The molecule has 0 saturated carbocycles. The summed E-state index contributed by atoms with van der Waals surface area (Å²) in [4.78, 5) is 16.6. The Morgan fingerprint density at radius 2 is 2.05 bits per heavy atom. The molecular weight excluding hydrogens is 298 g/mol. The van der Waals surface area contributed by atoms with E-state index in [2.05, 4.69) is 30.2 Å². The SMILES string of the molecule is Cc1cccc(NCc2cc(=O)n3cc(Cl)ccc3n2)c1C. The summed E-state index contributed by atoms with van der Waals surface area (Å²) in [5.41, 5.74) is 4.64. The highest BCUT2D eigenvalue weighted by Gasteiger charge is 2.05. The minimum Gasteiger partial charge on any atom is -0.379 e. The molecule has 1 aromatic carbocycles. The van der Waals surface area contributed by atoms with E-state index in [-0.39, 0.29) is 5.56 Å². The average Bonchev–Trinajstić information content (AvgIpc) is 2.49. The molecule has 4 nitrogen and oxygen atoms in total. The highest BCUT2D eigenvalue weighted by molar-refractivity contribution is 6.30. The van der Waals surface area contributed by atoms with Crippen LogP contribution in [0.3, 0.4) is 0 Å². The van der Waals surface area contributed by atoms with E-state index >= 15 is 0 Å². The number of pyridine rings is 1. The number of aromatic nitrogens is 2. The lowest BCUT2D eigenvalue weighted by Crippen LogP contribution is -2.16. The first kappa shape index (κ1) is 14.6. The molecular formula is C17H16ClN3O. The van der Waals surface area contributed by atoms with Gasteiger partial charge in [0.15, 0.2) is 0 Å². The summed E-state index contributed by atoms with van der Waals surface area (Å²) in [5.74, 6) is 0. The number of anilines is 1. The second kappa shape index (κ2) is 5.81. The summed E-state index contributed by atoms with van der Waals surface area (Å²) in [6.07, 6.45) is 1.58. The van der Waals surface area contributed by atoms with Crippen LogP contribution >= 0.6 is 11.6 Å². The van der Waals surface area contributed by atoms with E-state index in [0.717, 1.165) is 5.69 Å². The molecule has 1 N–H and O–H groups in total. The molecule has 0 aliphatic rings. The van der Waals surface area contributed by atoms with Gasteiger partial charge in [0.2, 0.25) is 0 Å². The fourth-order valence-corrected chi connectivity index (χ4v) is 2.51. The van der Waals surface area contributed by atoms with Crippen LogP contribution in [0.25, 0.3) is 5.65 Å². The van der Waals surface area contributed by atoms with Crippen molar-refractivity contribution in [2.75, 3.05) is 5.32 Å². The van der Waals surface area contributed by atoms with Gasteiger partial charge in [-0.25, -0.2) is 4.98 Å². The monoisotopic (exact) mass is 313 g/mol. The fraction of sp³-hybridized carbons (Fsp3) is 0.176. The number of fused-ring (bicyclic) bond motifs is 1. The van der Waals surface area contributed by atoms with Crippen molar-refractivity contribution in [1.82, 2.24) is 9.38 Å². The zero-order chi connectivity index (χ0) is 15.7. The predicted octanol–water partition coefficient (Wildman–Crippen LogP) is 3.58. The Labute approximate surface area is 133 Å². The molecule has 0 unspecified atom stereocenters. The highest BCUT2D eigenvalue weighted by atomic mass is 35.5. The van der Waals surface area contributed by atoms with Crippen LogP contribution in [0.4, 0.5) is 5.69 Å². The summed E-state index contributed by atoms with van der Waals surface area (Å²) < 4.78 is 1.45. The number of nitrogens with zero attached hydrogens (tertiary/aromatic N) is 2. The molecule has 0 atom stereocenters. The molecule has 0 saturated heterocycles. The van der Waals surface area contributed by atoms with E-state index in [1.54, 1.807) is 18.3 Å². The Bertz CT molecular complexity index is 902. The Kier molecular flexibility index (Phi) is 3.86. The molecule has 0 amide bonds. The summed E-state index contributed by atoms with van der Waals surface area (Å²) in [5, 5.41) is 3.85. The van der Waals surface area contributed by atoms with Gasteiger partial charge < -0.3 is 5.32 Å². The van der Waals surface area contributed by atoms with Gasteiger partial charge in [-0.15, -0.1) is 0 Å². The van der Waals surface area contributed by atoms with E-state index < -0.39 is 0 Å². The molecule has 0 fully saturated rings. The van der Waals surface area contributed by atoms with Gasteiger partial charge in [0.25, 0.3) is 5.56 Å². The van der Waals surface area contributed by atoms with Crippen LogP contribution in [0.1, 0.15) is 16.8 Å². The third kappa shape index (κ3) is 2.83. The number of benzene rings is 1. The van der Waals surface area contributed by atoms with Gasteiger partial charge in [-0.1, -0.05) is 23.7 Å². The lowest BCUT2D eigenvalue weighted by atomic mass is 10.1. The molecule has 2 heterocycles. The Morgan fingerprint density at radius 3 is 2.86 bits per heavy atom. The van der Waals surface area contributed by atoms with E-state index in [0.29, 0.717) is 22.9 Å². The quantitative estimate of drug-likeness (QED) is 0.804. The molecule has 0 aliphatic heterocycles. The number of nitrogens with one attached hydrogen (secondary N) is 1.